The number of halogens is 4. The molecule has 0 aliphatic carbocycles. The quantitative estimate of drug-likeness (QED) is 0.646. The first-order valence-electron chi connectivity index (χ1n) is 6.26. The van der Waals surface area contributed by atoms with Gasteiger partial charge in [-0.2, -0.15) is 13.2 Å². The Hall–Kier alpha value is -1.08. The van der Waals surface area contributed by atoms with Crippen LogP contribution in [0.5, 0.6) is 0 Å². The van der Waals surface area contributed by atoms with Crippen LogP contribution in [0.2, 0.25) is 5.28 Å². The fourth-order valence-corrected chi connectivity index (χ4v) is 1.64. The van der Waals surface area contributed by atoms with Crippen molar-refractivity contribution in [2.24, 2.45) is 0 Å². The summed E-state index contributed by atoms with van der Waals surface area (Å²) in [7, 11) is 1.99. The molecular formula is C12H18ClF3N4. The van der Waals surface area contributed by atoms with Crippen molar-refractivity contribution in [3.8, 4) is 0 Å². The van der Waals surface area contributed by atoms with Crippen molar-refractivity contribution in [3.63, 3.8) is 0 Å². The van der Waals surface area contributed by atoms with E-state index in [9.17, 15) is 13.2 Å². The van der Waals surface area contributed by atoms with Gasteiger partial charge < -0.3 is 10.2 Å². The van der Waals surface area contributed by atoms with Crippen LogP contribution in [0.1, 0.15) is 26.0 Å². The lowest BCUT2D eigenvalue weighted by molar-refractivity contribution is -0.141. The summed E-state index contributed by atoms with van der Waals surface area (Å²) >= 11 is 5.49. The molecule has 0 aliphatic rings. The second-order valence-corrected chi connectivity index (χ2v) is 5.10. The van der Waals surface area contributed by atoms with Gasteiger partial charge in [0.1, 0.15) is 5.82 Å². The molecular weight excluding hydrogens is 293 g/mol. The molecule has 0 fully saturated rings. The molecule has 1 heterocycles. The van der Waals surface area contributed by atoms with E-state index in [0.29, 0.717) is 12.6 Å². The summed E-state index contributed by atoms with van der Waals surface area (Å²) in [5, 5.41) is 2.41. The molecule has 114 valence electrons. The molecule has 1 aromatic rings. The lowest BCUT2D eigenvalue weighted by Crippen LogP contribution is -2.28. The van der Waals surface area contributed by atoms with E-state index in [1.807, 2.05) is 7.05 Å². The van der Waals surface area contributed by atoms with Crippen LogP contribution in [0, 0.1) is 0 Å². The van der Waals surface area contributed by atoms with Crippen molar-refractivity contribution >= 4 is 17.4 Å². The van der Waals surface area contributed by atoms with Crippen molar-refractivity contribution in [1.82, 2.24) is 14.9 Å². The average molecular weight is 311 g/mol. The molecule has 1 rings (SSSR count). The maximum absolute atomic E-state index is 12.5. The molecule has 0 aliphatic heterocycles. The predicted molar refractivity (Wildman–Crippen MR) is 72.9 cm³/mol. The van der Waals surface area contributed by atoms with Crippen LogP contribution in [0.15, 0.2) is 6.07 Å². The summed E-state index contributed by atoms with van der Waals surface area (Å²) in [5.74, 6) is 0.0875. The molecule has 0 saturated carbocycles. The lowest BCUT2D eigenvalue weighted by atomic mass is 10.3. The number of alkyl halides is 3. The molecule has 0 spiro atoms. The Labute approximate surface area is 121 Å². The average Bonchev–Trinajstić information content (AvgIpc) is 2.32. The molecule has 4 nitrogen and oxygen atoms in total. The third-order valence-electron chi connectivity index (χ3n) is 2.86. The van der Waals surface area contributed by atoms with Crippen molar-refractivity contribution in [3.05, 3.63) is 17.0 Å². The molecule has 0 bridgehead atoms. The number of nitrogens with one attached hydrogen (secondary N) is 1. The third-order valence-corrected chi connectivity index (χ3v) is 3.03. The molecule has 1 aromatic heterocycles. The Morgan fingerprint density at radius 3 is 2.55 bits per heavy atom. The zero-order valence-corrected chi connectivity index (χ0v) is 12.4. The summed E-state index contributed by atoms with van der Waals surface area (Å²) in [4.78, 5) is 9.04. The number of hydrogen-bond donors (Lipinski definition) is 1. The van der Waals surface area contributed by atoms with Gasteiger partial charge in [-0.05, 0) is 45.5 Å². The Kier molecular flexibility index (Phi) is 6.01. The van der Waals surface area contributed by atoms with Crippen LogP contribution in [-0.4, -0.2) is 41.0 Å². The van der Waals surface area contributed by atoms with Gasteiger partial charge in [0.15, 0.2) is 5.69 Å². The topological polar surface area (TPSA) is 41.0 Å². The highest BCUT2D eigenvalue weighted by Gasteiger charge is 2.33. The fraction of sp³-hybridized carbons (Fsp3) is 0.667. The lowest BCUT2D eigenvalue weighted by Gasteiger charge is -2.20. The molecule has 0 aromatic carbocycles. The van der Waals surface area contributed by atoms with E-state index in [1.54, 1.807) is 0 Å². The fourth-order valence-electron chi connectivity index (χ4n) is 1.46. The van der Waals surface area contributed by atoms with E-state index in [4.69, 9.17) is 11.6 Å². The van der Waals surface area contributed by atoms with Crippen LogP contribution in [0.25, 0.3) is 0 Å². The molecule has 0 saturated heterocycles. The summed E-state index contributed by atoms with van der Waals surface area (Å²) in [6, 6.07) is 1.29. The van der Waals surface area contributed by atoms with Crippen LogP contribution in [0.4, 0.5) is 19.0 Å². The zero-order chi connectivity index (χ0) is 15.3. The van der Waals surface area contributed by atoms with Gasteiger partial charge in [-0.25, -0.2) is 9.97 Å². The minimum atomic E-state index is -4.53. The third kappa shape index (κ3) is 5.50. The minimum absolute atomic E-state index is 0.0875. The first-order chi connectivity index (χ1) is 9.20. The summed E-state index contributed by atoms with van der Waals surface area (Å²) in [6.07, 6.45) is -3.74. The van der Waals surface area contributed by atoms with Gasteiger partial charge in [0.25, 0.3) is 0 Å². The molecule has 8 heteroatoms. The number of hydrogen-bond acceptors (Lipinski definition) is 4. The SMILES string of the molecule is CC(C)N(C)CCCNc1cc(C(F)(F)F)nc(Cl)n1. The first-order valence-corrected chi connectivity index (χ1v) is 6.64. The predicted octanol–water partition coefficient (Wildman–Crippen LogP) is 3.29. The number of rotatable bonds is 6. The second-order valence-electron chi connectivity index (χ2n) is 4.76. The molecule has 0 atom stereocenters. The summed E-state index contributed by atoms with van der Waals surface area (Å²) < 4.78 is 37.6. The van der Waals surface area contributed by atoms with E-state index < -0.39 is 17.2 Å². The first kappa shape index (κ1) is 17.0. The molecule has 1 N–H and O–H groups in total. The molecule has 0 radical (unpaired) electrons. The maximum atomic E-state index is 12.5. The molecule has 0 amide bonds. The van der Waals surface area contributed by atoms with Gasteiger partial charge >= 0.3 is 6.18 Å². The van der Waals surface area contributed by atoms with Gasteiger partial charge in [0.05, 0.1) is 0 Å². The number of nitrogens with zero attached hydrogens (tertiary/aromatic N) is 3. The van der Waals surface area contributed by atoms with Crippen molar-refractivity contribution in [2.45, 2.75) is 32.5 Å². The monoisotopic (exact) mass is 310 g/mol. The summed E-state index contributed by atoms with van der Waals surface area (Å²) in [5.41, 5.74) is -1.04. The van der Waals surface area contributed by atoms with E-state index in [-0.39, 0.29) is 5.82 Å². The van der Waals surface area contributed by atoms with Gasteiger partial charge in [-0.3, -0.25) is 0 Å². The normalized spacial score (nSPS) is 12.2. The van der Waals surface area contributed by atoms with E-state index in [1.165, 1.54) is 0 Å². The molecule has 0 unspecified atom stereocenters. The van der Waals surface area contributed by atoms with Crippen LogP contribution in [0.3, 0.4) is 0 Å². The standard InChI is InChI=1S/C12H18ClF3N4/c1-8(2)20(3)6-4-5-17-10-7-9(12(14,15)16)18-11(13)19-10/h7-8H,4-6H2,1-3H3,(H,17,18,19). The van der Waals surface area contributed by atoms with Crippen molar-refractivity contribution in [2.75, 3.05) is 25.5 Å². The van der Waals surface area contributed by atoms with E-state index >= 15 is 0 Å². The highest BCUT2D eigenvalue weighted by atomic mass is 35.5. The minimum Gasteiger partial charge on any atom is -0.370 e. The van der Waals surface area contributed by atoms with Crippen LogP contribution < -0.4 is 5.32 Å². The zero-order valence-electron chi connectivity index (χ0n) is 11.6. The Morgan fingerprint density at radius 2 is 2.00 bits per heavy atom. The Bertz CT molecular complexity index is 437. The van der Waals surface area contributed by atoms with Crippen LogP contribution >= 0.6 is 11.6 Å². The van der Waals surface area contributed by atoms with Gasteiger partial charge in [0.2, 0.25) is 5.28 Å². The van der Waals surface area contributed by atoms with Crippen LogP contribution in [-0.2, 0) is 6.18 Å². The highest BCUT2D eigenvalue weighted by molar-refractivity contribution is 6.28. The van der Waals surface area contributed by atoms with Gasteiger partial charge in [-0.15, -0.1) is 0 Å². The smallest absolute Gasteiger partial charge is 0.370 e. The highest BCUT2D eigenvalue weighted by Crippen LogP contribution is 2.29. The summed E-state index contributed by atoms with van der Waals surface area (Å²) in [6.45, 7) is 5.51. The Morgan fingerprint density at radius 1 is 1.35 bits per heavy atom. The van der Waals surface area contributed by atoms with Crippen molar-refractivity contribution in [1.29, 1.82) is 0 Å². The number of aromatic nitrogens is 2. The second kappa shape index (κ2) is 7.08. The Balaban J connectivity index is 2.54. The largest absolute Gasteiger partial charge is 0.433 e. The molecule has 20 heavy (non-hydrogen) atoms. The van der Waals surface area contributed by atoms with E-state index in [0.717, 1.165) is 19.0 Å². The van der Waals surface area contributed by atoms with Gasteiger partial charge in [-0.1, -0.05) is 0 Å². The van der Waals surface area contributed by atoms with Crippen molar-refractivity contribution < 1.29 is 13.2 Å². The van der Waals surface area contributed by atoms with Gasteiger partial charge in [0, 0.05) is 18.7 Å². The maximum Gasteiger partial charge on any atom is 0.433 e. The van der Waals surface area contributed by atoms with E-state index in [2.05, 4.69) is 34.0 Å². The number of anilines is 1.